The molecule has 2 aromatic rings. The Labute approximate surface area is 160 Å². The zero-order valence-corrected chi connectivity index (χ0v) is 16.0. The molecule has 0 aliphatic carbocycles. The molecule has 0 spiro atoms. The van der Waals surface area contributed by atoms with E-state index in [-0.39, 0.29) is 29.8 Å². The van der Waals surface area contributed by atoms with E-state index in [0.717, 1.165) is 43.1 Å². The number of carbonyl (C=O) groups is 1. The molecular formula is C20H25N3O3S. The Kier molecular flexibility index (Phi) is 5.16. The van der Waals surface area contributed by atoms with Crippen molar-refractivity contribution in [2.45, 2.75) is 42.7 Å². The van der Waals surface area contributed by atoms with Gasteiger partial charge in [0.25, 0.3) is 0 Å². The molecule has 7 heteroatoms. The van der Waals surface area contributed by atoms with Gasteiger partial charge in [0.15, 0.2) is 0 Å². The molecule has 0 aromatic heterocycles. The Morgan fingerprint density at radius 3 is 2.70 bits per heavy atom. The molecule has 4 rings (SSSR count). The number of amides is 1. The Morgan fingerprint density at radius 1 is 1.07 bits per heavy atom. The van der Waals surface area contributed by atoms with E-state index in [1.807, 2.05) is 29.2 Å². The zero-order chi connectivity index (χ0) is 18.9. The predicted octanol–water partition coefficient (Wildman–Crippen LogP) is 1.86. The third-order valence-corrected chi connectivity index (χ3v) is 7.06. The minimum atomic E-state index is -3.63. The highest BCUT2D eigenvalue weighted by atomic mass is 32.2. The first kappa shape index (κ1) is 18.4. The normalized spacial score (nSPS) is 22.7. The van der Waals surface area contributed by atoms with Crippen molar-refractivity contribution >= 4 is 26.7 Å². The molecule has 2 aliphatic rings. The van der Waals surface area contributed by atoms with Crippen molar-refractivity contribution in [3.05, 3.63) is 42.5 Å². The number of carbonyl (C=O) groups excluding carboxylic acids is 1. The van der Waals surface area contributed by atoms with Crippen LogP contribution in [0.25, 0.3) is 10.8 Å². The summed E-state index contributed by atoms with van der Waals surface area (Å²) in [5.74, 6) is 0.0485. The highest BCUT2D eigenvalue weighted by Gasteiger charge is 2.37. The van der Waals surface area contributed by atoms with Gasteiger partial charge < -0.3 is 10.2 Å². The van der Waals surface area contributed by atoms with Crippen LogP contribution in [0.4, 0.5) is 0 Å². The number of rotatable bonds is 5. The van der Waals surface area contributed by atoms with Crippen LogP contribution in [-0.2, 0) is 14.8 Å². The van der Waals surface area contributed by atoms with E-state index >= 15 is 0 Å². The number of nitrogens with one attached hydrogen (secondary N) is 2. The summed E-state index contributed by atoms with van der Waals surface area (Å²) in [4.78, 5) is 14.9. The summed E-state index contributed by atoms with van der Waals surface area (Å²) in [5, 5.41) is 5.25. The lowest BCUT2D eigenvalue weighted by Crippen LogP contribution is -2.43. The molecule has 2 aromatic carbocycles. The molecule has 2 unspecified atom stereocenters. The topological polar surface area (TPSA) is 78.5 Å². The van der Waals surface area contributed by atoms with Crippen LogP contribution in [-0.4, -0.2) is 50.9 Å². The van der Waals surface area contributed by atoms with Crippen molar-refractivity contribution in [2.75, 3.05) is 19.6 Å². The largest absolute Gasteiger partial charge is 0.335 e. The van der Waals surface area contributed by atoms with Crippen molar-refractivity contribution in [3.8, 4) is 0 Å². The number of fused-ring (bicyclic) bond motifs is 3. The first-order chi connectivity index (χ1) is 13.0. The molecular weight excluding hydrogens is 362 g/mol. The van der Waals surface area contributed by atoms with Gasteiger partial charge in [-0.25, -0.2) is 13.1 Å². The van der Waals surface area contributed by atoms with Gasteiger partial charge in [-0.05, 0) is 48.7 Å². The molecule has 144 valence electrons. The van der Waals surface area contributed by atoms with Crippen molar-refractivity contribution in [3.63, 3.8) is 0 Å². The zero-order valence-electron chi connectivity index (χ0n) is 15.2. The fourth-order valence-electron chi connectivity index (χ4n) is 4.23. The quantitative estimate of drug-likeness (QED) is 0.821. The molecule has 1 amide bonds. The van der Waals surface area contributed by atoms with Crippen molar-refractivity contribution in [2.24, 2.45) is 0 Å². The number of nitrogens with zero attached hydrogens (tertiary/aromatic N) is 1. The van der Waals surface area contributed by atoms with E-state index in [4.69, 9.17) is 0 Å². The van der Waals surface area contributed by atoms with E-state index in [2.05, 4.69) is 10.0 Å². The van der Waals surface area contributed by atoms with E-state index in [1.54, 1.807) is 18.2 Å². The standard InChI is InChI=1S/C20H25N3O3S/c24-20(23-17-6-7-18(23)14-21-11-9-17)10-12-22-27(25,26)19-8-5-15-3-1-2-4-16(15)13-19/h1-5,8,13,17-18,21-22H,6-7,9-12,14H2. The van der Waals surface area contributed by atoms with Crippen LogP contribution >= 0.6 is 0 Å². The van der Waals surface area contributed by atoms with Gasteiger partial charge in [0, 0.05) is 31.6 Å². The van der Waals surface area contributed by atoms with Crippen molar-refractivity contribution in [1.82, 2.24) is 14.9 Å². The van der Waals surface area contributed by atoms with E-state index in [9.17, 15) is 13.2 Å². The Hall–Kier alpha value is -1.96. The minimum absolute atomic E-state index is 0.0485. The van der Waals surface area contributed by atoms with Gasteiger partial charge in [-0.1, -0.05) is 30.3 Å². The maximum atomic E-state index is 12.7. The van der Waals surface area contributed by atoms with Gasteiger partial charge in [0.1, 0.15) is 0 Å². The first-order valence-corrected chi connectivity index (χ1v) is 11.0. The van der Waals surface area contributed by atoms with Crippen LogP contribution in [0.15, 0.2) is 47.4 Å². The summed E-state index contributed by atoms with van der Waals surface area (Å²) < 4.78 is 27.8. The number of benzene rings is 2. The molecule has 2 fully saturated rings. The Balaban J connectivity index is 1.39. The summed E-state index contributed by atoms with van der Waals surface area (Å²) in [6, 6.07) is 13.3. The van der Waals surface area contributed by atoms with Crippen LogP contribution in [0.2, 0.25) is 0 Å². The second-order valence-corrected chi connectivity index (χ2v) is 9.10. The maximum absolute atomic E-state index is 12.7. The SMILES string of the molecule is O=C(CCNS(=O)(=O)c1ccc2ccccc2c1)N1C2CCNCC1CC2. The Morgan fingerprint density at radius 2 is 1.85 bits per heavy atom. The predicted molar refractivity (Wildman–Crippen MR) is 105 cm³/mol. The van der Waals surface area contributed by atoms with Gasteiger partial charge in [-0.15, -0.1) is 0 Å². The second-order valence-electron chi connectivity index (χ2n) is 7.34. The van der Waals surface area contributed by atoms with Crippen LogP contribution < -0.4 is 10.0 Å². The third-order valence-electron chi connectivity index (χ3n) is 5.60. The van der Waals surface area contributed by atoms with Crippen LogP contribution in [0.1, 0.15) is 25.7 Å². The average Bonchev–Trinajstić information content (AvgIpc) is 2.93. The first-order valence-electron chi connectivity index (χ1n) is 9.55. The van der Waals surface area contributed by atoms with Gasteiger partial charge in [0.05, 0.1) is 4.90 Å². The van der Waals surface area contributed by atoms with Crippen LogP contribution in [0.5, 0.6) is 0 Å². The van der Waals surface area contributed by atoms with Gasteiger partial charge in [-0.2, -0.15) is 0 Å². The average molecular weight is 388 g/mol. The number of sulfonamides is 1. The molecule has 0 radical (unpaired) electrons. The molecule has 6 nitrogen and oxygen atoms in total. The second kappa shape index (κ2) is 7.58. The monoisotopic (exact) mass is 387 g/mol. The fourth-order valence-corrected chi connectivity index (χ4v) is 5.30. The number of hydrogen-bond acceptors (Lipinski definition) is 4. The van der Waals surface area contributed by atoms with Crippen molar-refractivity contribution < 1.29 is 13.2 Å². The Bertz CT molecular complexity index is 930. The molecule has 0 saturated carbocycles. The lowest BCUT2D eigenvalue weighted by Gasteiger charge is -2.28. The lowest BCUT2D eigenvalue weighted by atomic mass is 10.1. The molecule has 2 bridgehead atoms. The molecule has 2 heterocycles. The maximum Gasteiger partial charge on any atom is 0.240 e. The van der Waals surface area contributed by atoms with E-state index < -0.39 is 10.0 Å². The summed E-state index contributed by atoms with van der Waals surface area (Å²) in [5.41, 5.74) is 0. The minimum Gasteiger partial charge on any atom is -0.335 e. The molecule has 2 saturated heterocycles. The molecule has 2 aliphatic heterocycles. The van der Waals surface area contributed by atoms with Crippen LogP contribution in [0, 0.1) is 0 Å². The summed E-state index contributed by atoms with van der Waals surface area (Å²) in [7, 11) is -3.63. The summed E-state index contributed by atoms with van der Waals surface area (Å²) in [6.45, 7) is 1.90. The van der Waals surface area contributed by atoms with Gasteiger partial charge in [-0.3, -0.25) is 4.79 Å². The van der Waals surface area contributed by atoms with Gasteiger partial charge in [0.2, 0.25) is 15.9 Å². The van der Waals surface area contributed by atoms with E-state index in [0.29, 0.717) is 6.04 Å². The fraction of sp³-hybridized carbons (Fsp3) is 0.450. The molecule has 2 atom stereocenters. The van der Waals surface area contributed by atoms with Gasteiger partial charge >= 0.3 is 0 Å². The highest BCUT2D eigenvalue weighted by Crippen LogP contribution is 2.28. The smallest absolute Gasteiger partial charge is 0.240 e. The lowest BCUT2D eigenvalue weighted by molar-refractivity contribution is -0.133. The van der Waals surface area contributed by atoms with E-state index in [1.165, 1.54) is 0 Å². The van der Waals surface area contributed by atoms with Crippen molar-refractivity contribution in [1.29, 1.82) is 0 Å². The molecule has 2 N–H and O–H groups in total. The third kappa shape index (κ3) is 3.85. The van der Waals surface area contributed by atoms with Crippen LogP contribution in [0.3, 0.4) is 0 Å². The highest BCUT2D eigenvalue weighted by molar-refractivity contribution is 7.89. The molecule has 27 heavy (non-hydrogen) atoms. The summed E-state index contributed by atoms with van der Waals surface area (Å²) >= 11 is 0. The summed E-state index contributed by atoms with van der Waals surface area (Å²) in [6.07, 6.45) is 3.26. The number of hydrogen-bond donors (Lipinski definition) is 2.